The summed E-state index contributed by atoms with van der Waals surface area (Å²) < 4.78 is 0. The average Bonchev–Trinajstić information content (AvgIpc) is 2.22. The third kappa shape index (κ3) is 2.96. The quantitative estimate of drug-likeness (QED) is 0.584. The van der Waals surface area contributed by atoms with Crippen molar-refractivity contribution in [3.63, 3.8) is 0 Å². The molecule has 0 aliphatic heterocycles. The molecule has 1 unspecified atom stereocenters. The largest absolute Gasteiger partial charge is 0.508 e. The lowest BCUT2D eigenvalue weighted by atomic mass is 10.0. The van der Waals surface area contributed by atoms with Crippen LogP contribution >= 0.6 is 37.0 Å². The van der Waals surface area contributed by atoms with Gasteiger partial charge in [-0.25, -0.2) is 0 Å². The molecular weight excluding hydrogens is 264 g/mol. The Labute approximate surface area is 108 Å². The standard InChI is InChI=1S/C10H10O3S3/c1-16-10(13)8(9(12)15)6-4-5(14)2-3-7(6)11/h2-4,8,11,14H,1H3,(H,12,15). The van der Waals surface area contributed by atoms with Crippen molar-refractivity contribution in [2.75, 3.05) is 6.26 Å². The number of phenolic OH excluding ortho intramolecular Hbond substituents is 1. The van der Waals surface area contributed by atoms with E-state index in [4.69, 9.17) is 0 Å². The highest BCUT2D eigenvalue weighted by Gasteiger charge is 2.28. The van der Waals surface area contributed by atoms with Crippen molar-refractivity contribution >= 4 is 47.3 Å². The van der Waals surface area contributed by atoms with E-state index in [9.17, 15) is 14.7 Å². The molecule has 1 atom stereocenters. The second-order valence-corrected chi connectivity index (χ2v) is 4.81. The molecule has 0 fully saturated rings. The first kappa shape index (κ1) is 13.5. The second kappa shape index (κ2) is 5.65. The number of phenols is 1. The van der Waals surface area contributed by atoms with E-state index >= 15 is 0 Å². The SMILES string of the molecule is CSC(=O)C(C(=O)S)c1cc(S)ccc1O. The maximum absolute atomic E-state index is 11.6. The molecule has 1 aromatic rings. The normalized spacial score (nSPS) is 12.2. The Kier molecular flexibility index (Phi) is 4.76. The van der Waals surface area contributed by atoms with Crippen LogP contribution in [0.3, 0.4) is 0 Å². The minimum absolute atomic E-state index is 0.104. The molecule has 0 spiro atoms. The van der Waals surface area contributed by atoms with E-state index in [0.717, 1.165) is 11.8 Å². The van der Waals surface area contributed by atoms with E-state index in [1.165, 1.54) is 12.1 Å². The van der Waals surface area contributed by atoms with E-state index in [1.54, 1.807) is 12.3 Å². The van der Waals surface area contributed by atoms with E-state index < -0.39 is 11.0 Å². The third-order valence-electron chi connectivity index (χ3n) is 2.01. The summed E-state index contributed by atoms with van der Waals surface area (Å²) >= 11 is 8.69. The maximum Gasteiger partial charge on any atom is 0.204 e. The Balaban J connectivity index is 3.25. The van der Waals surface area contributed by atoms with Gasteiger partial charge in [0.15, 0.2) is 0 Å². The second-order valence-electron chi connectivity index (χ2n) is 3.04. The Bertz CT molecular complexity index is 431. The number of benzene rings is 1. The van der Waals surface area contributed by atoms with Crippen LogP contribution in [0, 0.1) is 0 Å². The zero-order valence-corrected chi connectivity index (χ0v) is 11.0. The van der Waals surface area contributed by atoms with Gasteiger partial charge in [-0.15, -0.1) is 25.3 Å². The summed E-state index contributed by atoms with van der Waals surface area (Å²) in [6.07, 6.45) is 1.58. The zero-order valence-electron chi connectivity index (χ0n) is 8.38. The number of carbonyl (C=O) groups excluding carboxylic acids is 2. The van der Waals surface area contributed by atoms with Crippen LogP contribution in [0.1, 0.15) is 11.5 Å². The fraction of sp³-hybridized carbons (Fsp3) is 0.200. The van der Waals surface area contributed by atoms with Crippen LogP contribution in [0.25, 0.3) is 0 Å². The van der Waals surface area contributed by atoms with Gasteiger partial charge in [0.1, 0.15) is 11.7 Å². The van der Waals surface area contributed by atoms with E-state index in [1.807, 2.05) is 0 Å². The lowest BCUT2D eigenvalue weighted by Gasteiger charge is -2.13. The molecule has 3 nitrogen and oxygen atoms in total. The molecule has 1 aromatic carbocycles. The van der Waals surface area contributed by atoms with Crippen molar-refractivity contribution in [1.82, 2.24) is 0 Å². The summed E-state index contributed by atoms with van der Waals surface area (Å²) in [4.78, 5) is 23.4. The summed E-state index contributed by atoms with van der Waals surface area (Å²) in [5.41, 5.74) is 0.242. The van der Waals surface area contributed by atoms with Crippen LogP contribution < -0.4 is 0 Å². The van der Waals surface area contributed by atoms with Gasteiger partial charge in [0.25, 0.3) is 0 Å². The number of hydrogen-bond donors (Lipinski definition) is 3. The van der Waals surface area contributed by atoms with E-state index in [-0.39, 0.29) is 16.4 Å². The highest BCUT2D eigenvalue weighted by molar-refractivity contribution is 8.13. The van der Waals surface area contributed by atoms with Crippen molar-refractivity contribution in [3.8, 4) is 5.75 Å². The van der Waals surface area contributed by atoms with Gasteiger partial charge in [0, 0.05) is 10.5 Å². The minimum Gasteiger partial charge on any atom is -0.508 e. The van der Waals surface area contributed by atoms with Crippen molar-refractivity contribution in [1.29, 1.82) is 0 Å². The van der Waals surface area contributed by atoms with Crippen LogP contribution in [0.15, 0.2) is 23.1 Å². The van der Waals surface area contributed by atoms with Crippen molar-refractivity contribution < 1.29 is 14.7 Å². The minimum atomic E-state index is -1.05. The molecule has 86 valence electrons. The van der Waals surface area contributed by atoms with Gasteiger partial charge in [-0.3, -0.25) is 9.59 Å². The van der Waals surface area contributed by atoms with Crippen molar-refractivity contribution in [2.45, 2.75) is 10.8 Å². The topological polar surface area (TPSA) is 54.4 Å². The highest BCUT2D eigenvalue weighted by atomic mass is 32.2. The van der Waals surface area contributed by atoms with Gasteiger partial charge < -0.3 is 5.11 Å². The summed E-state index contributed by atoms with van der Waals surface area (Å²) in [7, 11) is 0. The summed E-state index contributed by atoms with van der Waals surface area (Å²) in [6.45, 7) is 0. The van der Waals surface area contributed by atoms with Crippen LogP contribution in [-0.2, 0) is 9.59 Å². The summed E-state index contributed by atoms with van der Waals surface area (Å²) in [5, 5.41) is 8.68. The zero-order chi connectivity index (χ0) is 12.3. The Morgan fingerprint density at radius 3 is 2.56 bits per heavy atom. The molecule has 0 bridgehead atoms. The fourth-order valence-electron chi connectivity index (χ4n) is 1.25. The van der Waals surface area contributed by atoms with Gasteiger partial charge in [-0.1, -0.05) is 11.8 Å². The summed E-state index contributed by atoms with van der Waals surface area (Å²) in [6, 6.07) is 4.46. The monoisotopic (exact) mass is 274 g/mol. The van der Waals surface area contributed by atoms with Gasteiger partial charge >= 0.3 is 0 Å². The number of aromatic hydroxyl groups is 1. The molecule has 0 radical (unpaired) electrons. The predicted octanol–water partition coefficient (Wildman–Crippen LogP) is 2.11. The first-order valence-electron chi connectivity index (χ1n) is 4.30. The van der Waals surface area contributed by atoms with Crippen LogP contribution in [0.5, 0.6) is 5.75 Å². The first-order valence-corrected chi connectivity index (χ1v) is 6.41. The number of rotatable bonds is 3. The van der Waals surface area contributed by atoms with Crippen molar-refractivity contribution in [2.24, 2.45) is 0 Å². The molecule has 0 aliphatic carbocycles. The van der Waals surface area contributed by atoms with Gasteiger partial charge in [-0.2, -0.15) is 0 Å². The van der Waals surface area contributed by atoms with Gasteiger partial charge in [0.05, 0.1) is 0 Å². The molecule has 0 heterocycles. The highest BCUT2D eigenvalue weighted by Crippen LogP contribution is 2.32. The Morgan fingerprint density at radius 1 is 1.44 bits per heavy atom. The predicted molar refractivity (Wildman–Crippen MR) is 70.6 cm³/mol. The molecule has 0 aliphatic rings. The number of thioether (sulfide) groups is 1. The van der Waals surface area contributed by atoms with Crippen LogP contribution in [0.4, 0.5) is 0 Å². The number of carbonyl (C=O) groups is 2. The molecule has 16 heavy (non-hydrogen) atoms. The molecule has 0 saturated carbocycles. The lowest BCUT2D eigenvalue weighted by Crippen LogP contribution is -2.15. The van der Waals surface area contributed by atoms with Crippen LogP contribution in [-0.4, -0.2) is 21.6 Å². The molecule has 0 amide bonds. The third-order valence-corrected chi connectivity index (χ3v) is 3.18. The van der Waals surface area contributed by atoms with Gasteiger partial charge in [0.2, 0.25) is 10.2 Å². The Morgan fingerprint density at radius 2 is 2.06 bits per heavy atom. The first-order chi connectivity index (χ1) is 7.47. The van der Waals surface area contributed by atoms with Gasteiger partial charge in [-0.05, 0) is 24.5 Å². The van der Waals surface area contributed by atoms with Crippen LogP contribution in [0.2, 0.25) is 0 Å². The number of hydrogen-bond acceptors (Lipinski definition) is 5. The average molecular weight is 274 g/mol. The molecule has 6 heteroatoms. The summed E-state index contributed by atoms with van der Waals surface area (Å²) in [5.74, 6) is -1.15. The fourth-order valence-corrected chi connectivity index (χ4v) is 2.28. The Hall–Kier alpha value is -0.590. The molecule has 0 aromatic heterocycles. The smallest absolute Gasteiger partial charge is 0.204 e. The van der Waals surface area contributed by atoms with E-state index in [2.05, 4.69) is 25.3 Å². The molecule has 1 rings (SSSR count). The molecule has 0 saturated heterocycles. The number of thiol groups is 2. The van der Waals surface area contributed by atoms with Crippen molar-refractivity contribution in [3.05, 3.63) is 23.8 Å². The lowest BCUT2D eigenvalue weighted by molar-refractivity contribution is -0.119. The molecule has 1 N–H and O–H groups in total. The molecular formula is C10H10O3S3. The maximum atomic E-state index is 11.6. The van der Waals surface area contributed by atoms with E-state index in [0.29, 0.717) is 4.90 Å².